The molecule has 1 aromatic rings. The minimum absolute atomic E-state index is 1.37. The predicted molar refractivity (Wildman–Crippen MR) is 74.7 cm³/mol. The number of unbranched alkanes of at least 4 members (excludes halogenated alkanes) is 7. The van der Waals surface area contributed by atoms with E-state index in [0.717, 1.165) is 0 Å². The van der Waals surface area contributed by atoms with Gasteiger partial charge in [0.15, 0.2) is 0 Å². The zero-order valence-electron chi connectivity index (χ0n) is 11.1. The van der Waals surface area contributed by atoms with E-state index in [1.165, 1.54) is 51.4 Å². The van der Waals surface area contributed by atoms with E-state index in [4.69, 9.17) is 0 Å². The van der Waals surface area contributed by atoms with Gasteiger partial charge in [0.1, 0.15) is 0 Å². The zero-order chi connectivity index (χ0) is 11.9. The second-order valence-electron chi connectivity index (χ2n) is 4.28. The van der Waals surface area contributed by atoms with Crippen LogP contribution < -0.4 is 0 Å². The summed E-state index contributed by atoms with van der Waals surface area (Å²) in [6.45, 7) is 4.54. The van der Waals surface area contributed by atoms with Crippen LogP contribution in [0, 0.1) is 0 Å². The summed E-state index contributed by atoms with van der Waals surface area (Å²) in [5.41, 5.74) is 0. The highest BCUT2D eigenvalue weighted by atomic mass is 13.9. The molecule has 0 bridgehead atoms. The van der Waals surface area contributed by atoms with Crippen molar-refractivity contribution < 1.29 is 0 Å². The van der Waals surface area contributed by atoms with E-state index >= 15 is 0 Å². The van der Waals surface area contributed by atoms with E-state index in [0.29, 0.717) is 0 Å². The van der Waals surface area contributed by atoms with Gasteiger partial charge >= 0.3 is 0 Å². The summed E-state index contributed by atoms with van der Waals surface area (Å²) in [5, 5.41) is 0. The van der Waals surface area contributed by atoms with Crippen molar-refractivity contribution in [2.75, 3.05) is 0 Å². The Kier molecular flexibility index (Phi) is 13.5. The van der Waals surface area contributed by atoms with E-state index in [1.807, 2.05) is 36.4 Å². The van der Waals surface area contributed by atoms with Crippen molar-refractivity contribution in [2.24, 2.45) is 0 Å². The highest BCUT2D eigenvalue weighted by Gasteiger charge is 1.87. The molecule has 0 saturated carbocycles. The van der Waals surface area contributed by atoms with Crippen LogP contribution in [0.1, 0.15) is 65.2 Å². The van der Waals surface area contributed by atoms with Gasteiger partial charge in [0, 0.05) is 0 Å². The molecule has 16 heavy (non-hydrogen) atoms. The maximum Gasteiger partial charge on any atom is -0.0533 e. The molecule has 0 heteroatoms. The van der Waals surface area contributed by atoms with Crippen molar-refractivity contribution in [2.45, 2.75) is 65.2 Å². The molecule has 1 aromatic carbocycles. The minimum atomic E-state index is 1.37. The molecular formula is C16H28. The average Bonchev–Trinajstić information content (AvgIpc) is 2.37. The van der Waals surface area contributed by atoms with Gasteiger partial charge in [-0.15, -0.1) is 0 Å². The first-order valence-corrected chi connectivity index (χ1v) is 6.91. The lowest BCUT2D eigenvalue weighted by molar-refractivity contribution is 0.585. The quantitative estimate of drug-likeness (QED) is 0.507. The van der Waals surface area contributed by atoms with Gasteiger partial charge in [-0.2, -0.15) is 0 Å². The van der Waals surface area contributed by atoms with Crippen molar-refractivity contribution in [1.29, 1.82) is 0 Å². The van der Waals surface area contributed by atoms with Crippen LogP contribution >= 0.6 is 0 Å². The third kappa shape index (κ3) is 13.2. The van der Waals surface area contributed by atoms with Crippen LogP contribution in [-0.2, 0) is 0 Å². The predicted octanol–water partition coefficient (Wildman–Crippen LogP) is 5.83. The maximum absolute atomic E-state index is 2.27. The van der Waals surface area contributed by atoms with E-state index in [2.05, 4.69) is 13.8 Å². The van der Waals surface area contributed by atoms with Gasteiger partial charge < -0.3 is 0 Å². The molecule has 0 saturated heterocycles. The van der Waals surface area contributed by atoms with Crippen LogP contribution in [0.25, 0.3) is 0 Å². The summed E-state index contributed by atoms with van der Waals surface area (Å²) in [5.74, 6) is 0. The summed E-state index contributed by atoms with van der Waals surface area (Å²) in [7, 11) is 0. The molecule has 0 amide bonds. The highest BCUT2D eigenvalue weighted by molar-refractivity contribution is 4.99. The Hall–Kier alpha value is -0.780. The van der Waals surface area contributed by atoms with E-state index in [-0.39, 0.29) is 0 Å². The Morgan fingerprint density at radius 2 is 0.688 bits per heavy atom. The lowest BCUT2D eigenvalue weighted by Gasteiger charge is -1.97. The first kappa shape index (κ1) is 15.2. The molecule has 92 valence electrons. The fourth-order valence-electron chi connectivity index (χ4n) is 1.59. The van der Waals surface area contributed by atoms with Gasteiger partial charge in [0.2, 0.25) is 0 Å². The molecular weight excluding hydrogens is 192 g/mol. The molecule has 0 radical (unpaired) electrons. The van der Waals surface area contributed by atoms with Crippen LogP contribution in [0.2, 0.25) is 0 Å². The van der Waals surface area contributed by atoms with Crippen LogP contribution in [0.15, 0.2) is 36.4 Å². The first-order chi connectivity index (χ1) is 7.91. The van der Waals surface area contributed by atoms with Crippen molar-refractivity contribution in [3.05, 3.63) is 36.4 Å². The van der Waals surface area contributed by atoms with Gasteiger partial charge in [0.05, 0.1) is 0 Å². The van der Waals surface area contributed by atoms with Crippen LogP contribution in [0.3, 0.4) is 0 Å². The third-order valence-electron chi connectivity index (χ3n) is 2.62. The molecule has 0 aliphatic carbocycles. The van der Waals surface area contributed by atoms with Crippen molar-refractivity contribution >= 4 is 0 Å². The van der Waals surface area contributed by atoms with Crippen molar-refractivity contribution in [3.8, 4) is 0 Å². The molecule has 0 unspecified atom stereocenters. The van der Waals surface area contributed by atoms with E-state index < -0.39 is 0 Å². The molecule has 0 atom stereocenters. The molecule has 0 fully saturated rings. The van der Waals surface area contributed by atoms with E-state index in [1.54, 1.807) is 0 Å². The van der Waals surface area contributed by atoms with Gasteiger partial charge in [-0.1, -0.05) is 102 Å². The fraction of sp³-hybridized carbons (Fsp3) is 0.625. The number of hydrogen-bond acceptors (Lipinski definition) is 0. The number of benzene rings is 1. The molecule has 0 spiro atoms. The fourth-order valence-corrected chi connectivity index (χ4v) is 1.59. The summed E-state index contributed by atoms with van der Waals surface area (Å²) >= 11 is 0. The largest absolute Gasteiger partial charge is 0.0654 e. The Labute approximate surface area is 102 Å². The lowest BCUT2D eigenvalue weighted by atomic mass is 10.1. The Morgan fingerprint density at radius 3 is 0.938 bits per heavy atom. The van der Waals surface area contributed by atoms with Crippen LogP contribution in [0.5, 0.6) is 0 Å². The number of hydrogen-bond donors (Lipinski definition) is 0. The highest BCUT2D eigenvalue weighted by Crippen LogP contribution is 2.07. The zero-order valence-corrected chi connectivity index (χ0v) is 11.1. The van der Waals surface area contributed by atoms with Crippen molar-refractivity contribution in [3.63, 3.8) is 0 Å². The summed E-state index contributed by atoms with van der Waals surface area (Å²) < 4.78 is 0. The topological polar surface area (TPSA) is 0 Å². The molecule has 0 N–H and O–H groups in total. The summed E-state index contributed by atoms with van der Waals surface area (Å²) in [6, 6.07) is 12.0. The monoisotopic (exact) mass is 220 g/mol. The maximum atomic E-state index is 2.27. The Bertz CT molecular complexity index is 156. The molecule has 0 nitrogen and oxygen atoms in total. The van der Waals surface area contributed by atoms with Crippen molar-refractivity contribution in [1.82, 2.24) is 0 Å². The number of rotatable bonds is 7. The van der Waals surface area contributed by atoms with Gasteiger partial charge in [-0.3, -0.25) is 0 Å². The smallest absolute Gasteiger partial charge is 0.0533 e. The molecule has 0 heterocycles. The summed E-state index contributed by atoms with van der Waals surface area (Å²) in [4.78, 5) is 0. The summed E-state index contributed by atoms with van der Waals surface area (Å²) in [6.07, 6.45) is 11.5. The van der Waals surface area contributed by atoms with Gasteiger partial charge in [-0.05, 0) is 0 Å². The third-order valence-corrected chi connectivity index (χ3v) is 2.62. The Morgan fingerprint density at radius 1 is 0.438 bits per heavy atom. The average molecular weight is 220 g/mol. The SMILES string of the molecule is CCCCCCCCCC.c1ccccc1. The standard InChI is InChI=1S/C10H22.C6H6/c1-3-5-7-9-10-8-6-4-2;1-2-4-6-5-3-1/h3-10H2,1-2H3;1-6H. The first-order valence-electron chi connectivity index (χ1n) is 6.91. The second kappa shape index (κ2) is 14.2. The molecule has 0 aliphatic rings. The van der Waals surface area contributed by atoms with E-state index in [9.17, 15) is 0 Å². The van der Waals surface area contributed by atoms with Crippen LogP contribution in [0.4, 0.5) is 0 Å². The normalized spacial score (nSPS) is 9.38. The lowest BCUT2D eigenvalue weighted by Crippen LogP contribution is -1.77. The van der Waals surface area contributed by atoms with Gasteiger partial charge in [-0.25, -0.2) is 0 Å². The van der Waals surface area contributed by atoms with Crippen LogP contribution in [-0.4, -0.2) is 0 Å². The second-order valence-corrected chi connectivity index (χ2v) is 4.28. The van der Waals surface area contributed by atoms with Gasteiger partial charge in [0.25, 0.3) is 0 Å². The molecule has 1 rings (SSSR count). The molecule has 0 aromatic heterocycles. The Balaban J connectivity index is 0.000000315. The minimum Gasteiger partial charge on any atom is -0.0654 e. The molecule has 0 aliphatic heterocycles.